The average molecular weight is 269 g/mol. The topological polar surface area (TPSA) is 49.7 Å². The van der Waals surface area contributed by atoms with E-state index < -0.39 is 0 Å². The molecule has 0 bridgehead atoms. The highest BCUT2D eigenvalue weighted by molar-refractivity contribution is 5.87. The Balaban J connectivity index is 2.05. The SMILES string of the molecule is Cc1cn(CCN(C)C)c2cc(-c3cn[nH]n3)ccc12. The van der Waals surface area contributed by atoms with Gasteiger partial charge in [-0.2, -0.15) is 15.4 Å². The number of nitrogens with one attached hydrogen (secondary N) is 1. The molecule has 20 heavy (non-hydrogen) atoms. The lowest BCUT2D eigenvalue weighted by Gasteiger charge is -2.11. The Kier molecular flexibility index (Phi) is 3.28. The van der Waals surface area contributed by atoms with Gasteiger partial charge >= 0.3 is 0 Å². The van der Waals surface area contributed by atoms with Gasteiger partial charge in [0, 0.05) is 35.8 Å². The largest absolute Gasteiger partial charge is 0.346 e. The molecule has 0 atom stereocenters. The Hall–Kier alpha value is -2.14. The first-order chi connectivity index (χ1) is 9.65. The van der Waals surface area contributed by atoms with Crippen LogP contribution in [0.5, 0.6) is 0 Å². The van der Waals surface area contributed by atoms with Crippen molar-refractivity contribution < 1.29 is 0 Å². The zero-order valence-electron chi connectivity index (χ0n) is 12.1. The summed E-state index contributed by atoms with van der Waals surface area (Å²) >= 11 is 0. The number of aryl methyl sites for hydroxylation is 1. The highest BCUT2D eigenvalue weighted by Crippen LogP contribution is 2.26. The van der Waals surface area contributed by atoms with Crippen LogP contribution in [0.1, 0.15) is 5.56 Å². The van der Waals surface area contributed by atoms with Crippen molar-refractivity contribution in [1.29, 1.82) is 0 Å². The fraction of sp³-hybridized carbons (Fsp3) is 0.333. The number of benzene rings is 1. The molecule has 0 aliphatic rings. The molecular formula is C15H19N5. The van der Waals surface area contributed by atoms with Crippen LogP contribution in [0, 0.1) is 6.92 Å². The summed E-state index contributed by atoms with van der Waals surface area (Å²) in [6, 6.07) is 6.46. The number of aromatic nitrogens is 4. The molecule has 5 nitrogen and oxygen atoms in total. The second kappa shape index (κ2) is 5.09. The zero-order valence-corrected chi connectivity index (χ0v) is 12.1. The van der Waals surface area contributed by atoms with Gasteiger partial charge in [-0.3, -0.25) is 0 Å². The molecule has 0 saturated carbocycles. The summed E-state index contributed by atoms with van der Waals surface area (Å²) in [5, 5.41) is 12.0. The van der Waals surface area contributed by atoms with Crippen molar-refractivity contribution in [2.24, 2.45) is 0 Å². The molecule has 2 heterocycles. The van der Waals surface area contributed by atoms with Crippen LogP contribution in [0.25, 0.3) is 22.2 Å². The van der Waals surface area contributed by atoms with Crippen molar-refractivity contribution in [3.05, 3.63) is 36.2 Å². The van der Waals surface area contributed by atoms with Gasteiger partial charge in [0.2, 0.25) is 0 Å². The highest BCUT2D eigenvalue weighted by atomic mass is 15.3. The van der Waals surface area contributed by atoms with Crippen LogP contribution in [0.2, 0.25) is 0 Å². The van der Waals surface area contributed by atoms with E-state index in [9.17, 15) is 0 Å². The fourth-order valence-electron chi connectivity index (χ4n) is 2.47. The molecule has 0 amide bonds. The molecule has 0 saturated heterocycles. The smallest absolute Gasteiger partial charge is 0.112 e. The minimum Gasteiger partial charge on any atom is -0.346 e. The van der Waals surface area contributed by atoms with Crippen LogP contribution in [-0.2, 0) is 6.54 Å². The summed E-state index contributed by atoms with van der Waals surface area (Å²) in [6.07, 6.45) is 3.97. The number of hydrogen-bond acceptors (Lipinski definition) is 3. The molecule has 0 fully saturated rings. The first-order valence-corrected chi connectivity index (χ1v) is 6.75. The number of H-pyrrole nitrogens is 1. The van der Waals surface area contributed by atoms with Crippen molar-refractivity contribution >= 4 is 10.9 Å². The van der Waals surface area contributed by atoms with E-state index in [-0.39, 0.29) is 0 Å². The van der Waals surface area contributed by atoms with Gasteiger partial charge in [0.15, 0.2) is 0 Å². The maximum Gasteiger partial charge on any atom is 0.112 e. The number of rotatable bonds is 4. The van der Waals surface area contributed by atoms with Crippen LogP contribution in [0.4, 0.5) is 0 Å². The van der Waals surface area contributed by atoms with E-state index in [1.165, 1.54) is 16.5 Å². The lowest BCUT2D eigenvalue weighted by atomic mass is 10.1. The third-order valence-corrected chi connectivity index (χ3v) is 3.58. The van der Waals surface area contributed by atoms with Crippen LogP contribution in [0.15, 0.2) is 30.6 Å². The van der Waals surface area contributed by atoms with Crippen molar-refractivity contribution in [3.8, 4) is 11.3 Å². The van der Waals surface area contributed by atoms with Crippen LogP contribution in [0.3, 0.4) is 0 Å². The van der Waals surface area contributed by atoms with E-state index in [4.69, 9.17) is 0 Å². The first-order valence-electron chi connectivity index (χ1n) is 6.75. The molecule has 1 N–H and O–H groups in total. The minimum atomic E-state index is 0.880. The van der Waals surface area contributed by atoms with Crippen molar-refractivity contribution in [1.82, 2.24) is 24.9 Å². The molecule has 0 unspecified atom stereocenters. The van der Waals surface area contributed by atoms with Crippen molar-refractivity contribution in [2.45, 2.75) is 13.5 Å². The third-order valence-electron chi connectivity index (χ3n) is 3.58. The Morgan fingerprint density at radius 3 is 2.85 bits per heavy atom. The summed E-state index contributed by atoms with van der Waals surface area (Å²) in [5.74, 6) is 0. The normalized spacial score (nSPS) is 11.6. The van der Waals surface area contributed by atoms with Gasteiger partial charge in [-0.15, -0.1) is 0 Å². The van der Waals surface area contributed by atoms with E-state index >= 15 is 0 Å². The van der Waals surface area contributed by atoms with E-state index in [2.05, 4.69) is 70.3 Å². The first kappa shape index (κ1) is 12.9. The second-order valence-corrected chi connectivity index (χ2v) is 5.40. The summed E-state index contributed by atoms with van der Waals surface area (Å²) in [6.45, 7) is 4.17. The molecule has 0 aliphatic heterocycles. The second-order valence-electron chi connectivity index (χ2n) is 5.40. The number of hydrogen-bond donors (Lipinski definition) is 1. The average Bonchev–Trinajstić information content (AvgIpc) is 3.05. The summed E-state index contributed by atoms with van der Waals surface area (Å²) in [7, 11) is 4.19. The summed E-state index contributed by atoms with van der Waals surface area (Å²) < 4.78 is 2.31. The third kappa shape index (κ3) is 2.32. The highest BCUT2D eigenvalue weighted by Gasteiger charge is 2.08. The molecule has 104 valence electrons. The van der Waals surface area contributed by atoms with Gasteiger partial charge in [-0.1, -0.05) is 12.1 Å². The van der Waals surface area contributed by atoms with Crippen LogP contribution >= 0.6 is 0 Å². The van der Waals surface area contributed by atoms with Crippen molar-refractivity contribution in [2.75, 3.05) is 20.6 Å². The molecule has 3 aromatic rings. The Morgan fingerprint density at radius 2 is 2.15 bits per heavy atom. The monoisotopic (exact) mass is 269 g/mol. The molecule has 0 aliphatic carbocycles. The molecular weight excluding hydrogens is 250 g/mol. The van der Waals surface area contributed by atoms with Gasteiger partial charge < -0.3 is 9.47 Å². The Labute approximate surface area is 118 Å². The van der Waals surface area contributed by atoms with E-state index in [1.807, 2.05) is 0 Å². The van der Waals surface area contributed by atoms with Gasteiger partial charge in [-0.05, 0) is 32.6 Å². The number of nitrogens with zero attached hydrogens (tertiary/aromatic N) is 4. The van der Waals surface area contributed by atoms with Gasteiger partial charge in [0.05, 0.1) is 6.20 Å². The van der Waals surface area contributed by atoms with E-state index in [0.717, 1.165) is 24.3 Å². The molecule has 1 aromatic carbocycles. The molecule has 3 rings (SSSR count). The zero-order chi connectivity index (χ0) is 14.1. The fourth-order valence-corrected chi connectivity index (χ4v) is 2.47. The molecule has 0 spiro atoms. The molecule has 0 radical (unpaired) electrons. The van der Waals surface area contributed by atoms with Gasteiger partial charge in [0.1, 0.15) is 5.69 Å². The molecule has 5 heteroatoms. The quantitative estimate of drug-likeness (QED) is 0.790. The summed E-state index contributed by atoms with van der Waals surface area (Å²) in [4.78, 5) is 2.20. The number of fused-ring (bicyclic) bond motifs is 1. The Bertz CT molecular complexity index is 709. The van der Waals surface area contributed by atoms with Crippen molar-refractivity contribution in [3.63, 3.8) is 0 Å². The summed E-state index contributed by atoms with van der Waals surface area (Å²) in [5.41, 5.74) is 4.54. The van der Waals surface area contributed by atoms with Gasteiger partial charge in [-0.25, -0.2) is 0 Å². The number of aromatic amines is 1. The Morgan fingerprint density at radius 1 is 1.30 bits per heavy atom. The van der Waals surface area contributed by atoms with E-state index in [0.29, 0.717) is 0 Å². The number of likely N-dealkylation sites (N-methyl/N-ethyl adjacent to an activating group) is 1. The van der Waals surface area contributed by atoms with Crippen LogP contribution < -0.4 is 0 Å². The lowest BCUT2D eigenvalue weighted by Crippen LogP contribution is -2.17. The minimum absolute atomic E-state index is 0.880. The van der Waals surface area contributed by atoms with Gasteiger partial charge in [0.25, 0.3) is 0 Å². The maximum atomic E-state index is 4.15. The van der Waals surface area contributed by atoms with E-state index in [1.54, 1.807) is 6.20 Å². The molecule has 2 aromatic heterocycles. The standard InChI is InChI=1S/C15H19N5/c1-11-10-20(7-6-19(2)3)15-8-12(4-5-13(11)15)14-9-16-18-17-14/h4-5,8-10H,6-7H2,1-3H3,(H,16,17,18). The predicted molar refractivity (Wildman–Crippen MR) is 80.6 cm³/mol. The predicted octanol–water partition coefficient (Wildman–Crippen LogP) is 2.30. The maximum absolute atomic E-state index is 4.15. The lowest BCUT2D eigenvalue weighted by molar-refractivity contribution is 0.387. The van der Waals surface area contributed by atoms with Crippen LogP contribution in [-0.4, -0.2) is 45.5 Å².